The molecule has 3 aliphatic rings. The van der Waals surface area contributed by atoms with Crippen molar-refractivity contribution >= 4 is 41.4 Å². The van der Waals surface area contributed by atoms with Crippen molar-refractivity contribution in [2.24, 2.45) is 23.2 Å². The highest BCUT2D eigenvalue weighted by Crippen LogP contribution is 2.62. The number of Topliss-reactive ketones (excluding diaryl/α,β-unsaturated/α-hetero) is 1. The Kier molecular flexibility index (Phi) is 11.7. The molecule has 286 valence electrons. The molecule has 1 aliphatic heterocycles. The SMILES string of the molecule is CN(C)C(=O)C(NC(=O)CNC(=O)C(=O)C(CC1CC1)NC(=O)[C@@H]1[C@@H]2[C@H](CN1C(=O)[C@@H](NC(=O)OC(C)(C)C)C(C)(C)C)C2(F)F)c1ccccc1. The number of hydrogen-bond donors (Lipinski definition) is 4. The number of halogens is 2. The number of likely N-dealkylation sites (tertiary alicyclic amines) is 1. The normalized spacial score (nSPS) is 22.1. The Morgan fingerprint density at radius 3 is 2.10 bits per heavy atom. The zero-order chi connectivity index (χ0) is 38.9. The summed E-state index contributed by atoms with van der Waals surface area (Å²) >= 11 is 0. The maximum atomic E-state index is 14.8. The van der Waals surface area contributed by atoms with E-state index in [1.54, 1.807) is 71.9 Å². The zero-order valence-electron chi connectivity index (χ0n) is 30.9. The van der Waals surface area contributed by atoms with E-state index in [0.717, 1.165) is 17.7 Å². The fraction of sp³-hybridized carbons (Fsp3) is 0.639. The van der Waals surface area contributed by atoms with Crippen LogP contribution in [-0.4, -0.2) is 108 Å². The Morgan fingerprint density at radius 2 is 1.56 bits per heavy atom. The van der Waals surface area contributed by atoms with Gasteiger partial charge in [-0.1, -0.05) is 63.9 Å². The van der Waals surface area contributed by atoms with E-state index in [2.05, 4.69) is 21.3 Å². The molecule has 14 nitrogen and oxygen atoms in total. The molecule has 2 aliphatic carbocycles. The number of ketones is 1. The molecule has 0 bridgehead atoms. The summed E-state index contributed by atoms with van der Waals surface area (Å²) in [5.41, 5.74) is -1.30. The van der Waals surface area contributed by atoms with Crippen molar-refractivity contribution in [2.75, 3.05) is 27.2 Å². The summed E-state index contributed by atoms with van der Waals surface area (Å²) in [6.45, 7) is 8.80. The number of alkyl carbamates (subject to hydrolysis) is 1. The van der Waals surface area contributed by atoms with E-state index in [4.69, 9.17) is 4.74 Å². The van der Waals surface area contributed by atoms with Crippen LogP contribution in [0.1, 0.15) is 72.4 Å². The lowest BCUT2D eigenvalue weighted by Gasteiger charge is -2.37. The Bertz CT molecular complexity index is 1570. The average Bonchev–Trinajstić information content (AvgIpc) is 3.90. The van der Waals surface area contributed by atoms with E-state index in [-0.39, 0.29) is 12.3 Å². The van der Waals surface area contributed by atoms with Crippen molar-refractivity contribution in [3.05, 3.63) is 35.9 Å². The summed E-state index contributed by atoms with van der Waals surface area (Å²) in [6.07, 6.45) is 0.606. The molecule has 1 aromatic carbocycles. The molecule has 2 unspecified atom stereocenters. The molecule has 2 saturated carbocycles. The Morgan fingerprint density at radius 1 is 0.942 bits per heavy atom. The number of rotatable bonds is 13. The van der Waals surface area contributed by atoms with Crippen molar-refractivity contribution in [3.8, 4) is 0 Å². The lowest BCUT2D eigenvalue weighted by atomic mass is 9.85. The van der Waals surface area contributed by atoms with Gasteiger partial charge in [-0.15, -0.1) is 0 Å². The Labute approximate surface area is 302 Å². The second kappa shape index (κ2) is 15.2. The van der Waals surface area contributed by atoms with Crippen molar-refractivity contribution in [1.82, 2.24) is 31.1 Å². The van der Waals surface area contributed by atoms with Crippen LogP contribution in [0.4, 0.5) is 13.6 Å². The minimum absolute atomic E-state index is 0.00578. The van der Waals surface area contributed by atoms with Crippen molar-refractivity contribution in [2.45, 2.75) is 96.5 Å². The highest BCUT2D eigenvalue weighted by molar-refractivity contribution is 6.38. The summed E-state index contributed by atoms with van der Waals surface area (Å²) in [5.74, 6) is -11.3. The highest BCUT2D eigenvalue weighted by Gasteiger charge is 2.78. The molecular weight excluding hydrogens is 682 g/mol. The number of benzene rings is 1. The van der Waals surface area contributed by atoms with E-state index in [1.165, 1.54) is 19.0 Å². The van der Waals surface area contributed by atoms with Gasteiger partial charge in [0.2, 0.25) is 29.4 Å². The summed E-state index contributed by atoms with van der Waals surface area (Å²) < 4.78 is 35.0. The third-order valence-corrected chi connectivity index (χ3v) is 9.32. The molecule has 1 saturated heterocycles. The summed E-state index contributed by atoms with van der Waals surface area (Å²) in [4.78, 5) is 94.8. The molecule has 52 heavy (non-hydrogen) atoms. The Balaban J connectivity index is 1.46. The van der Waals surface area contributed by atoms with Crippen LogP contribution in [-0.2, 0) is 33.5 Å². The maximum Gasteiger partial charge on any atom is 0.408 e. The van der Waals surface area contributed by atoms with Gasteiger partial charge < -0.3 is 35.8 Å². The molecule has 4 rings (SSSR count). The monoisotopic (exact) mass is 732 g/mol. The number of carbonyl (C=O) groups excluding carboxylic acids is 7. The van der Waals surface area contributed by atoms with Gasteiger partial charge in [-0.05, 0) is 44.1 Å². The molecule has 3 fully saturated rings. The third-order valence-electron chi connectivity index (χ3n) is 9.32. The van der Waals surface area contributed by atoms with Crippen LogP contribution in [0.3, 0.4) is 0 Å². The second-order valence-corrected chi connectivity index (χ2v) is 16.1. The molecule has 0 radical (unpaired) electrons. The lowest BCUT2D eigenvalue weighted by Crippen LogP contribution is -2.61. The Hall–Kier alpha value is -4.63. The molecule has 4 N–H and O–H groups in total. The predicted octanol–water partition coefficient (Wildman–Crippen LogP) is 1.93. The lowest BCUT2D eigenvalue weighted by molar-refractivity contribution is -0.147. The van der Waals surface area contributed by atoms with Gasteiger partial charge in [0.25, 0.3) is 11.8 Å². The first-order chi connectivity index (χ1) is 24.0. The van der Waals surface area contributed by atoms with E-state index in [1.807, 2.05) is 0 Å². The largest absolute Gasteiger partial charge is 0.444 e. The summed E-state index contributed by atoms with van der Waals surface area (Å²) in [6, 6.07) is 3.04. The van der Waals surface area contributed by atoms with E-state index in [0.29, 0.717) is 5.56 Å². The number of carbonyl (C=O) groups is 7. The third kappa shape index (κ3) is 9.62. The van der Waals surface area contributed by atoms with E-state index >= 15 is 0 Å². The number of likely N-dealkylation sites (N-methyl/N-ethyl adjacent to an activating group) is 1. The molecule has 0 aromatic heterocycles. The molecule has 1 aromatic rings. The van der Waals surface area contributed by atoms with Gasteiger partial charge in [0.15, 0.2) is 0 Å². The number of hydrogen-bond acceptors (Lipinski definition) is 8. The maximum absolute atomic E-state index is 14.8. The smallest absolute Gasteiger partial charge is 0.408 e. The van der Waals surface area contributed by atoms with Gasteiger partial charge in [0, 0.05) is 20.6 Å². The van der Waals surface area contributed by atoms with Crippen LogP contribution in [0.15, 0.2) is 30.3 Å². The number of alkyl halides is 2. The minimum atomic E-state index is -3.24. The van der Waals surface area contributed by atoms with Crippen LogP contribution < -0.4 is 21.3 Å². The van der Waals surface area contributed by atoms with E-state index < -0.39 is 107 Å². The zero-order valence-corrected chi connectivity index (χ0v) is 30.9. The van der Waals surface area contributed by atoms with Crippen LogP contribution in [0, 0.1) is 23.2 Å². The molecule has 0 spiro atoms. The fourth-order valence-electron chi connectivity index (χ4n) is 6.36. The van der Waals surface area contributed by atoms with Crippen LogP contribution in [0.2, 0.25) is 0 Å². The first-order valence-corrected chi connectivity index (χ1v) is 17.4. The number of ether oxygens (including phenoxy) is 1. The number of nitrogens with zero attached hydrogens (tertiary/aromatic N) is 2. The number of nitrogens with one attached hydrogen (secondary N) is 4. The van der Waals surface area contributed by atoms with Crippen LogP contribution in [0.25, 0.3) is 0 Å². The van der Waals surface area contributed by atoms with Crippen LogP contribution >= 0.6 is 0 Å². The van der Waals surface area contributed by atoms with Gasteiger partial charge in [-0.3, -0.25) is 28.8 Å². The van der Waals surface area contributed by atoms with Gasteiger partial charge >= 0.3 is 6.09 Å². The van der Waals surface area contributed by atoms with Gasteiger partial charge in [0.05, 0.1) is 24.4 Å². The quantitative estimate of drug-likeness (QED) is 0.222. The molecule has 16 heteroatoms. The molecule has 6 atom stereocenters. The van der Waals surface area contributed by atoms with Gasteiger partial charge in [-0.25, -0.2) is 13.6 Å². The first-order valence-electron chi connectivity index (χ1n) is 17.4. The van der Waals surface area contributed by atoms with E-state index in [9.17, 15) is 42.3 Å². The fourth-order valence-corrected chi connectivity index (χ4v) is 6.36. The van der Waals surface area contributed by atoms with Crippen molar-refractivity contribution in [1.29, 1.82) is 0 Å². The summed E-state index contributed by atoms with van der Waals surface area (Å²) in [7, 11) is 3.04. The predicted molar refractivity (Wildman–Crippen MR) is 183 cm³/mol. The first kappa shape index (κ1) is 40.1. The standard InChI is InChI=1S/C36H50F2N6O8/c1-34(2,3)28(42-33(51)52-35(4,5)6)32(50)44-18-21-24(36(21,37)38)26(44)29(47)40-22(16-19-14-15-19)27(46)30(48)39-17-23(45)41-25(31(49)43(7)8)20-12-10-9-11-13-20/h9-13,19,21-22,24-26,28H,14-18H2,1-8H3,(H,39,48)(H,40,47)(H,41,45)(H,42,51)/t21-,22?,24-,25?,26-,28+/m0/s1. The van der Waals surface area contributed by atoms with Crippen LogP contribution in [0.5, 0.6) is 0 Å². The number of fused-ring (bicyclic) bond motifs is 1. The van der Waals surface area contributed by atoms with Gasteiger partial charge in [-0.2, -0.15) is 0 Å². The second-order valence-electron chi connectivity index (χ2n) is 16.1. The topological polar surface area (TPSA) is 183 Å². The average molecular weight is 733 g/mol. The van der Waals surface area contributed by atoms with Crippen molar-refractivity contribution < 1.29 is 47.1 Å². The van der Waals surface area contributed by atoms with Gasteiger partial charge in [0.1, 0.15) is 23.7 Å². The number of piperidine rings is 1. The summed E-state index contributed by atoms with van der Waals surface area (Å²) in [5, 5.41) is 9.79. The molecular formula is C36H50F2N6O8. The molecule has 1 heterocycles. The highest BCUT2D eigenvalue weighted by atomic mass is 19.3. The van der Waals surface area contributed by atoms with Crippen molar-refractivity contribution in [3.63, 3.8) is 0 Å². The number of amides is 6. The minimum Gasteiger partial charge on any atom is -0.444 e. The molecule has 6 amide bonds.